The summed E-state index contributed by atoms with van der Waals surface area (Å²) in [4.78, 5) is 17.5. The highest BCUT2D eigenvalue weighted by atomic mass is 35.5. The van der Waals surface area contributed by atoms with Gasteiger partial charge in [0.15, 0.2) is 16.7 Å². The van der Waals surface area contributed by atoms with Crippen LogP contribution in [0.3, 0.4) is 0 Å². The van der Waals surface area contributed by atoms with E-state index in [1.165, 1.54) is 11.8 Å². The summed E-state index contributed by atoms with van der Waals surface area (Å²) in [5.41, 5.74) is 2.43. The van der Waals surface area contributed by atoms with Gasteiger partial charge < -0.3 is 19.5 Å². The van der Waals surface area contributed by atoms with Crippen LogP contribution in [0.25, 0.3) is 6.08 Å². The highest BCUT2D eigenvalue weighted by Crippen LogP contribution is 2.40. The number of amidine groups is 1. The lowest BCUT2D eigenvalue weighted by molar-refractivity contribution is -0.115. The Hall–Kier alpha value is -2.64. The standard InChI is InChI=1S/C20H17ClN2O4S/c1-3-25-15-9-17-16(26-10-27-17)6-12(15)7-18-19(24)23-20(28-18)22-14-8-13(21)5-4-11(14)2/h4-9H,3,10H2,1-2H3,(H,22,23,24). The molecular formula is C20H17ClN2O4S. The number of halogens is 1. The lowest BCUT2D eigenvalue weighted by atomic mass is 10.1. The maximum Gasteiger partial charge on any atom is 0.264 e. The number of thioether (sulfide) groups is 1. The van der Waals surface area contributed by atoms with E-state index in [4.69, 9.17) is 25.8 Å². The predicted molar refractivity (Wildman–Crippen MR) is 111 cm³/mol. The summed E-state index contributed by atoms with van der Waals surface area (Å²) in [6, 6.07) is 9.05. The zero-order valence-corrected chi connectivity index (χ0v) is 16.8. The van der Waals surface area contributed by atoms with E-state index in [1.807, 2.05) is 26.0 Å². The summed E-state index contributed by atoms with van der Waals surface area (Å²) in [7, 11) is 0. The minimum atomic E-state index is -0.219. The molecule has 6 nitrogen and oxygen atoms in total. The molecule has 2 aromatic carbocycles. The molecule has 4 rings (SSSR count). The molecule has 0 bridgehead atoms. The second kappa shape index (κ2) is 7.77. The summed E-state index contributed by atoms with van der Waals surface area (Å²) in [6.45, 7) is 4.51. The fourth-order valence-corrected chi connectivity index (χ4v) is 3.76. The van der Waals surface area contributed by atoms with Crippen molar-refractivity contribution in [3.63, 3.8) is 0 Å². The molecule has 2 heterocycles. The fraction of sp³-hybridized carbons (Fsp3) is 0.200. The van der Waals surface area contributed by atoms with Crippen LogP contribution < -0.4 is 19.5 Å². The first-order chi connectivity index (χ1) is 13.5. The minimum Gasteiger partial charge on any atom is -0.493 e. The van der Waals surface area contributed by atoms with Gasteiger partial charge in [0, 0.05) is 16.7 Å². The highest BCUT2D eigenvalue weighted by Gasteiger charge is 2.25. The number of amides is 1. The Bertz CT molecular complexity index is 1020. The molecule has 8 heteroatoms. The summed E-state index contributed by atoms with van der Waals surface area (Å²) < 4.78 is 16.5. The molecule has 0 saturated carbocycles. The van der Waals surface area contributed by atoms with E-state index in [-0.39, 0.29) is 12.7 Å². The maximum atomic E-state index is 12.4. The number of nitrogens with one attached hydrogen (secondary N) is 1. The lowest BCUT2D eigenvalue weighted by Gasteiger charge is -2.09. The number of benzene rings is 2. The second-order valence-electron chi connectivity index (χ2n) is 6.09. The normalized spacial score (nSPS) is 18.0. The van der Waals surface area contributed by atoms with Crippen molar-refractivity contribution in [3.8, 4) is 17.2 Å². The van der Waals surface area contributed by atoms with E-state index >= 15 is 0 Å². The average molecular weight is 417 g/mol. The molecule has 2 aliphatic rings. The number of fused-ring (bicyclic) bond motifs is 1. The molecule has 0 atom stereocenters. The van der Waals surface area contributed by atoms with Crippen LogP contribution in [0.1, 0.15) is 18.1 Å². The number of hydrogen-bond donors (Lipinski definition) is 1. The van der Waals surface area contributed by atoms with Gasteiger partial charge in [-0.3, -0.25) is 4.79 Å². The van der Waals surface area contributed by atoms with Crippen molar-refractivity contribution in [1.29, 1.82) is 0 Å². The van der Waals surface area contributed by atoms with Crippen LogP contribution >= 0.6 is 23.4 Å². The van der Waals surface area contributed by atoms with Crippen LogP contribution in [0, 0.1) is 6.92 Å². The first kappa shape index (κ1) is 18.7. The van der Waals surface area contributed by atoms with Crippen molar-refractivity contribution >= 4 is 46.2 Å². The Morgan fingerprint density at radius 1 is 1.29 bits per heavy atom. The summed E-state index contributed by atoms with van der Waals surface area (Å²) in [5, 5.41) is 3.88. The number of ether oxygens (including phenoxy) is 3. The Kier molecular flexibility index (Phi) is 5.19. The van der Waals surface area contributed by atoms with Crippen molar-refractivity contribution < 1.29 is 19.0 Å². The number of carbonyl (C=O) groups is 1. The zero-order valence-electron chi connectivity index (χ0n) is 15.2. The molecule has 1 amide bonds. The van der Waals surface area contributed by atoms with Crippen molar-refractivity contribution in [3.05, 3.63) is 51.4 Å². The minimum absolute atomic E-state index is 0.173. The van der Waals surface area contributed by atoms with Crippen molar-refractivity contribution in [2.45, 2.75) is 13.8 Å². The van der Waals surface area contributed by atoms with Crippen LogP contribution in [0.4, 0.5) is 5.69 Å². The summed E-state index contributed by atoms with van der Waals surface area (Å²) >= 11 is 7.31. The molecule has 144 valence electrons. The lowest BCUT2D eigenvalue weighted by Crippen LogP contribution is -2.19. The molecule has 1 fully saturated rings. The molecule has 0 radical (unpaired) electrons. The second-order valence-corrected chi connectivity index (χ2v) is 7.56. The number of aliphatic imine (C=N–C) groups is 1. The number of aryl methyl sites for hydroxylation is 1. The van der Waals surface area contributed by atoms with Gasteiger partial charge in [-0.1, -0.05) is 17.7 Å². The molecule has 0 unspecified atom stereocenters. The fourth-order valence-electron chi connectivity index (χ4n) is 2.77. The Morgan fingerprint density at radius 2 is 2.07 bits per heavy atom. The van der Waals surface area contributed by atoms with Crippen molar-refractivity contribution in [2.24, 2.45) is 4.99 Å². The first-order valence-electron chi connectivity index (χ1n) is 8.65. The number of rotatable bonds is 4. The SMILES string of the molecule is CCOc1cc2c(cc1C=C1SC(=Nc3cc(Cl)ccc3C)NC1=O)OCO2. The zero-order chi connectivity index (χ0) is 19.7. The molecule has 2 aliphatic heterocycles. The Morgan fingerprint density at radius 3 is 2.86 bits per heavy atom. The van der Waals surface area contributed by atoms with Crippen LogP contribution in [-0.2, 0) is 4.79 Å². The van der Waals surface area contributed by atoms with Gasteiger partial charge in [-0.15, -0.1) is 0 Å². The third-order valence-corrected chi connectivity index (χ3v) is 5.28. The first-order valence-corrected chi connectivity index (χ1v) is 9.85. The highest BCUT2D eigenvalue weighted by molar-refractivity contribution is 8.18. The Labute approximate surface area is 171 Å². The van der Waals surface area contributed by atoms with E-state index in [9.17, 15) is 4.79 Å². The van der Waals surface area contributed by atoms with Crippen molar-refractivity contribution in [2.75, 3.05) is 13.4 Å². The monoisotopic (exact) mass is 416 g/mol. The summed E-state index contributed by atoms with van der Waals surface area (Å²) in [5.74, 6) is 1.67. The number of carbonyl (C=O) groups excluding carboxylic acids is 1. The van der Waals surface area contributed by atoms with Crippen LogP contribution in [0.15, 0.2) is 40.2 Å². The molecule has 1 saturated heterocycles. The predicted octanol–water partition coefficient (Wildman–Crippen LogP) is 4.67. The van der Waals surface area contributed by atoms with Gasteiger partial charge >= 0.3 is 0 Å². The van der Waals surface area contributed by atoms with Gasteiger partial charge in [0.2, 0.25) is 6.79 Å². The Balaban J connectivity index is 1.65. The molecule has 28 heavy (non-hydrogen) atoms. The van der Waals surface area contributed by atoms with Gasteiger partial charge in [0.25, 0.3) is 5.91 Å². The third-order valence-electron chi connectivity index (χ3n) is 4.14. The van der Waals surface area contributed by atoms with Gasteiger partial charge in [0.05, 0.1) is 17.2 Å². The molecular weight excluding hydrogens is 400 g/mol. The van der Waals surface area contributed by atoms with Crippen molar-refractivity contribution in [1.82, 2.24) is 5.32 Å². The van der Waals surface area contributed by atoms with E-state index < -0.39 is 0 Å². The summed E-state index contributed by atoms with van der Waals surface area (Å²) in [6.07, 6.45) is 1.76. The van der Waals surface area contributed by atoms with Crippen LogP contribution in [-0.4, -0.2) is 24.5 Å². The molecule has 0 aromatic heterocycles. The van der Waals surface area contributed by atoms with Crippen LogP contribution in [0.5, 0.6) is 17.2 Å². The average Bonchev–Trinajstić information content (AvgIpc) is 3.25. The molecule has 0 aliphatic carbocycles. The quantitative estimate of drug-likeness (QED) is 0.733. The van der Waals surface area contributed by atoms with Gasteiger partial charge in [0.1, 0.15) is 5.75 Å². The molecule has 0 spiro atoms. The van der Waals surface area contributed by atoms with E-state index in [2.05, 4.69) is 10.3 Å². The van der Waals surface area contributed by atoms with E-state index in [0.29, 0.717) is 39.0 Å². The molecule has 2 aromatic rings. The maximum absolute atomic E-state index is 12.4. The number of nitrogens with zero attached hydrogens (tertiary/aromatic N) is 1. The topological polar surface area (TPSA) is 69.2 Å². The largest absolute Gasteiger partial charge is 0.493 e. The number of hydrogen-bond acceptors (Lipinski definition) is 6. The van der Waals surface area contributed by atoms with Gasteiger partial charge in [-0.2, -0.15) is 0 Å². The van der Waals surface area contributed by atoms with Gasteiger partial charge in [-0.25, -0.2) is 4.99 Å². The third kappa shape index (κ3) is 3.81. The van der Waals surface area contributed by atoms with Gasteiger partial charge in [-0.05, 0) is 55.4 Å². The van der Waals surface area contributed by atoms with Crippen LogP contribution in [0.2, 0.25) is 5.02 Å². The van der Waals surface area contributed by atoms with E-state index in [0.717, 1.165) is 16.8 Å². The smallest absolute Gasteiger partial charge is 0.264 e. The molecule has 1 N–H and O–H groups in total. The van der Waals surface area contributed by atoms with E-state index in [1.54, 1.807) is 24.3 Å².